The summed E-state index contributed by atoms with van der Waals surface area (Å²) in [6.07, 6.45) is 1.04. The minimum absolute atomic E-state index is 0.206. The zero-order valence-corrected chi connectivity index (χ0v) is 10.3. The van der Waals surface area contributed by atoms with Crippen LogP contribution in [0.25, 0.3) is 0 Å². The maximum atomic E-state index is 13.7. The van der Waals surface area contributed by atoms with Crippen molar-refractivity contribution in [3.8, 4) is 0 Å². The summed E-state index contributed by atoms with van der Waals surface area (Å²) in [5.41, 5.74) is 7.39. The summed E-state index contributed by atoms with van der Waals surface area (Å²) in [6, 6.07) is 4.89. The number of anilines is 1. The van der Waals surface area contributed by atoms with Gasteiger partial charge in [-0.05, 0) is 32.4 Å². The third-order valence-corrected chi connectivity index (χ3v) is 2.70. The third kappa shape index (κ3) is 2.73. The van der Waals surface area contributed by atoms with Gasteiger partial charge in [0.15, 0.2) is 0 Å². The first kappa shape index (κ1) is 13.0. The van der Waals surface area contributed by atoms with E-state index >= 15 is 0 Å². The maximum absolute atomic E-state index is 13.7. The molecule has 2 nitrogen and oxygen atoms in total. The molecule has 1 aromatic rings. The van der Waals surface area contributed by atoms with Gasteiger partial charge in [-0.15, -0.1) is 0 Å². The largest absolute Gasteiger partial charge is 0.371 e. The van der Waals surface area contributed by atoms with Crippen molar-refractivity contribution in [2.24, 2.45) is 5.73 Å². The Kier molecular flexibility index (Phi) is 4.74. The Morgan fingerprint density at radius 1 is 1.38 bits per heavy atom. The first-order valence-corrected chi connectivity index (χ1v) is 5.90. The highest BCUT2D eigenvalue weighted by Crippen LogP contribution is 2.27. The number of benzene rings is 1. The molecule has 0 fully saturated rings. The Labute approximate surface area is 97.3 Å². The number of nitrogens with two attached hydrogens (primary N) is 1. The van der Waals surface area contributed by atoms with Gasteiger partial charge >= 0.3 is 0 Å². The molecule has 3 heteroatoms. The standard InChI is InChI=1S/C13H21FN2/c1-4-9-16(5-2)12-8-6-7-11(14)13(12)10(3)15/h6-8,10H,4-5,9,15H2,1-3H3/t10-/m1/s1. The molecule has 2 N–H and O–H groups in total. The first-order valence-electron chi connectivity index (χ1n) is 5.90. The number of hydrogen-bond donors (Lipinski definition) is 1. The van der Waals surface area contributed by atoms with Gasteiger partial charge in [-0.1, -0.05) is 13.0 Å². The highest BCUT2D eigenvalue weighted by Gasteiger charge is 2.15. The van der Waals surface area contributed by atoms with Crippen LogP contribution in [0.2, 0.25) is 0 Å². The van der Waals surface area contributed by atoms with E-state index in [-0.39, 0.29) is 11.9 Å². The van der Waals surface area contributed by atoms with Crippen LogP contribution in [0.4, 0.5) is 10.1 Å². The van der Waals surface area contributed by atoms with Crippen molar-refractivity contribution in [3.05, 3.63) is 29.6 Å². The van der Waals surface area contributed by atoms with Gasteiger partial charge in [-0.3, -0.25) is 0 Å². The molecule has 16 heavy (non-hydrogen) atoms. The van der Waals surface area contributed by atoms with E-state index in [0.717, 1.165) is 25.2 Å². The minimum Gasteiger partial charge on any atom is -0.371 e. The lowest BCUT2D eigenvalue weighted by molar-refractivity contribution is 0.591. The molecule has 0 radical (unpaired) electrons. The quantitative estimate of drug-likeness (QED) is 0.832. The van der Waals surface area contributed by atoms with Crippen LogP contribution >= 0.6 is 0 Å². The molecule has 0 aliphatic rings. The fourth-order valence-corrected chi connectivity index (χ4v) is 1.97. The van der Waals surface area contributed by atoms with Crippen molar-refractivity contribution in [2.45, 2.75) is 33.2 Å². The van der Waals surface area contributed by atoms with Gasteiger partial charge in [0.1, 0.15) is 5.82 Å². The smallest absolute Gasteiger partial charge is 0.130 e. The molecular formula is C13H21FN2. The zero-order valence-electron chi connectivity index (χ0n) is 10.3. The molecule has 0 amide bonds. The van der Waals surface area contributed by atoms with Crippen LogP contribution < -0.4 is 10.6 Å². The van der Waals surface area contributed by atoms with Gasteiger partial charge in [0.2, 0.25) is 0 Å². The van der Waals surface area contributed by atoms with Gasteiger partial charge < -0.3 is 10.6 Å². The lowest BCUT2D eigenvalue weighted by Crippen LogP contribution is -2.26. The fraction of sp³-hybridized carbons (Fsp3) is 0.538. The molecule has 1 rings (SSSR count). The Morgan fingerprint density at radius 2 is 2.06 bits per heavy atom. The first-order chi connectivity index (χ1) is 7.61. The van der Waals surface area contributed by atoms with Crippen LogP contribution in [0.1, 0.15) is 38.8 Å². The number of nitrogens with zero attached hydrogens (tertiary/aromatic N) is 1. The molecule has 90 valence electrons. The Balaban J connectivity index is 3.15. The number of rotatable bonds is 5. The van der Waals surface area contributed by atoms with Crippen LogP contribution in [0.15, 0.2) is 18.2 Å². The second-order valence-corrected chi connectivity index (χ2v) is 4.04. The Bertz CT molecular complexity index is 337. The van der Waals surface area contributed by atoms with E-state index in [9.17, 15) is 4.39 Å². The topological polar surface area (TPSA) is 29.3 Å². The molecule has 0 saturated carbocycles. The molecule has 0 aliphatic heterocycles. The van der Waals surface area contributed by atoms with E-state index in [1.54, 1.807) is 6.07 Å². The van der Waals surface area contributed by atoms with Crippen molar-refractivity contribution in [1.29, 1.82) is 0 Å². The van der Waals surface area contributed by atoms with Gasteiger partial charge in [0, 0.05) is 30.4 Å². The monoisotopic (exact) mass is 224 g/mol. The van der Waals surface area contributed by atoms with Crippen molar-refractivity contribution in [1.82, 2.24) is 0 Å². The van der Waals surface area contributed by atoms with E-state index in [2.05, 4.69) is 18.7 Å². The number of halogens is 1. The van der Waals surface area contributed by atoms with E-state index in [0.29, 0.717) is 5.56 Å². The molecule has 0 unspecified atom stereocenters. The average Bonchev–Trinajstić information content (AvgIpc) is 2.25. The summed E-state index contributed by atoms with van der Waals surface area (Å²) in [7, 11) is 0. The van der Waals surface area contributed by atoms with E-state index in [4.69, 9.17) is 5.73 Å². The number of hydrogen-bond acceptors (Lipinski definition) is 2. The molecule has 0 aromatic heterocycles. The van der Waals surface area contributed by atoms with Crippen LogP contribution in [0.3, 0.4) is 0 Å². The van der Waals surface area contributed by atoms with Crippen LogP contribution in [0, 0.1) is 5.82 Å². The summed E-state index contributed by atoms with van der Waals surface area (Å²) in [5, 5.41) is 0. The molecule has 0 saturated heterocycles. The van der Waals surface area contributed by atoms with E-state index < -0.39 is 0 Å². The Hall–Kier alpha value is -1.09. The van der Waals surface area contributed by atoms with Gasteiger partial charge in [-0.2, -0.15) is 0 Å². The van der Waals surface area contributed by atoms with E-state index in [1.807, 2.05) is 13.0 Å². The summed E-state index contributed by atoms with van der Waals surface area (Å²) >= 11 is 0. The maximum Gasteiger partial charge on any atom is 0.130 e. The average molecular weight is 224 g/mol. The normalized spacial score (nSPS) is 12.6. The van der Waals surface area contributed by atoms with Crippen molar-refractivity contribution >= 4 is 5.69 Å². The third-order valence-electron chi connectivity index (χ3n) is 2.70. The highest BCUT2D eigenvalue weighted by atomic mass is 19.1. The molecule has 0 bridgehead atoms. The van der Waals surface area contributed by atoms with Crippen molar-refractivity contribution in [2.75, 3.05) is 18.0 Å². The molecule has 1 aromatic carbocycles. The predicted molar refractivity (Wildman–Crippen MR) is 67.2 cm³/mol. The van der Waals surface area contributed by atoms with Gasteiger partial charge in [-0.25, -0.2) is 4.39 Å². The zero-order chi connectivity index (χ0) is 12.1. The van der Waals surface area contributed by atoms with Crippen LogP contribution in [0.5, 0.6) is 0 Å². The fourth-order valence-electron chi connectivity index (χ4n) is 1.97. The minimum atomic E-state index is -0.276. The summed E-state index contributed by atoms with van der Waals surface area (Å²) in [6.45, 7) is 7.82. The van der Waals surface area contributed by atoms with Crippen LogP contribution in [-0.2, 0) is 0 Å². The molecule has 0 heterocycles. The molecule has 0 aliphatic carbocycles. The SMILES string of the molecule is CCCN(CC)c1cccc(F)c1[C@@H](C)N. The van der Waals surface area contributed by atoms with Crippen LogP contribution in [-0.4, -0.2) is 13.1 Å². The summed E-state index contributed by atoms with van der Waals surface area (Å²) in [5.74, 6) is -0.206. The van der Waals surface area contributed by atoms with Crippen molar-refractivity contribution < 1.29 is 4.39 Å². The van der Waals surface area contributed by atoms with Gasteiger partial charge in [0.05, 0.1) is 0 Å². The van der Waals surface area contributed by atoms with E-state index in [1.165, 1.54) is 6.07 Å². The predicted octanol–water partition coefficient (Wildman–Crippen LogP) is 3.08. The Morgan fingerprint density at radius 3 is 2.56 bits per heavy atom. The van der Waals surface area contributed by atoms with Crippen molar-refractivity contribution in [3.63, 3.8) is 0 Å². The second-order valence-electron chi connectivity index (χ2n) is 4.04. The second kappa shape index (κ2) is 5.85. The van der Waals surface area contributed by atoms with Gasteiger partial charge in [0.25, 0.3) is 0 Å². The summed E-state index contributed by atoms with van der Waals surface area (Å²) < 4.78 is 13.7. The molecule has 1 atom stereocenters. The molecule has 0 spiro atoms. The summed E-state index contributed by atoms with van der Waals surface area (Å²) in [4.78, 5) is 2.17. The molecular weight excluding hydrogens is 203 g/mol. The highest BCUT2D eigenvalue weighted by molar-refractivity contribution is 5.55. The lowest BCUT2D eigenvalue weighted by Gasteiger charge is -2.26. The lowest BCUT2D eigenvalue weighted by atomic mass is 10.0.